The summed E-state index contributed by atoms with van der Waals surface area (Å²) < 4.78 is 10.6. The number of likely N-dealkylation sites (tertiary alicyclic amines) is 1. The van der Waals surface area contributed by atoms with Gasteiger partial charge in [-0.15, -0.1) is 0 Å². The molecule has 1 aromatic carbocycles. The van der Waals surface area contributed by atoms with E-state index in [1.54, 1.807) is 19.1 Å². The topological polar surface area (TPSA) is 67.9 Å². The lowest BCUT2D eigenvalue weighted by molar-refractivity contribution is -0.138. The molecule has 6 nitrogen and oxygen atoms in total. The van der Waals surface area contributed by atoms with E-state index < -0.39 is 0 Å². The number of hydrogen-bond acceptors (Lipinski definition) is 4. The number of nitrogens with one attached hydrogen (secondary N) is 1. The summed E-state index contributed by atoms with van der Waals surface area (Å²) in [4.78, 5) is 25.7. The van der Waals surface area contributed by atoms with Gasteiger partial charge in [-0.1, -0.05) is 0 Å². The van der Waals surface area contributed by atoms with Crippen molar-refractivity contribution >= 4 is 11.8 Å². The predicted molar refractivity (Wildman–Crippen MR) is 91.3 cm³/mol. The fraction of sp³-hybridized carbons (Fsp3) is 0.556. The monoisotopic (exact) mass is 334 g/mol. The van der Waals surface area contributed by atoms with Crippen LogP contribution in [0.1, 0.15) is 43.4 Å². The van der Waals surface area contributed by atoms with E-state index >= 15 is 0 Å². The van der Waals surface area contributed by atoms with Gasteiger partial charge in [-0.2, -0.15) is 0 Å². The van der Waals surface area contributed by atoms with Gasteiger partial charge in [0.05, 0.1) is 26.8 Å². The third-order valence-electron chi connectivity index (χ3n) is 4.37. The lowest BCUT2D eigenvalue weighted by atomic mass is 10.0. The number of carbonyl (C=O) groups is 2. The maximum absolute atomic E-state index is 12.3. The van der Waals surface area contributed by atoms with Crippen LogP contribution in [0.4, 0.5) is 0 Å². The van der Waals surface area contributed by atoms with Crippen LogP contribution >= 0.6 is 0 Å². The molecule has 1 atom stereocenters. The summed E-state index contributed by atoms with van der Waals surface area (Å²) in [6.45, 7) is 4.67. The number of amides is 2. The molecular formula is C18H26N2O4. The van der Waals surface area contributed by atoms with Crippen molar-refractivity contribution in [2.24, 2.45) is 0 Å². The van der Waals surface area contributed by atoms with E-state index in [-0.39, 0.29) is 24.4 Å². The van der Waals surface area contributed by atoms with Crippen molar-refractivity contribution in [3.8, 4) is 11.5 Å². The highest BCUT2D eigenvalue weighted by Crippen LogP contribution is 2.32. The van der Waals surface area contributed by atoms with E-state index in [1.165, 1.54) is 0 Å². The average Bonchev–Trinajstić information content (AvgIpc) is 2.56. The van der Waals surface area contributed by atoms with Crippen LogP contribution in [0.3, 0.4) is 0 Å². The minimum atomic E-state index is -0.183. The first-order valence-electron chi connectivity index (χ1n) is 8.26. The van der Waals surface area contributed by atoms with Crippen molar-refractivity contribution in [1.29, 1.82) is 0 Å². The number of ether oxygens (including phenoxy) is 2. The molecule has 1 N–H and O–H groups in total. The third-order valence-corrected chi connectivity index (χ3v) is 4.37. The largest absolute Gasteiger partial charge is 0.493 e. The minimum Gasteiger partial charge on any atom is -0.493 e. The second-order valence-electron chi connectivity index (χ2n) is 6.13. The molecule has 1 fully saturated rings. The fourth-order valence-corrected chi connectivity index (χ4v) is 3.03. The molecule has 1 unspecified atom stereocenters. The first-order valence-corrected chi connectivity index (χ1v) is 8.26. The Morgan fingerprint density at radius 2 is 1.92 bits per heavy atom. The first-order chi connectivity index (χ1) is 11.5. The molecule has 1 aliphatic heterocycles. The van der Waals surface area contributed by atoms with Gasteiger partial charge in [-0.05, 0) is 49.9 Å². The van der Waals surface area contributed by atoms with Crippen LogP contribution in [0, 0.1) is 6.92 Å². The van der Waals surface area contributed by atoms with E-state index in [0.717, 1.165) is 24.0 Å². The van der Waals surface area contributed by atoms with E-state index in [2.05, 4.69) is 5.32 Å². The fourth-order valence-electron chi connectivity index (χ4n) is 3.03. The van der Waals surface area contributed by atoms with Gasteiger partial charge < -0.3 is 19.7 Å². The van der Waals surface area contributed by atoms with Gasteiger partial charge in [0.1, 0.15) is 0 Å². The number of methoxy groups -OCH3 is 2. The lowest BCUT2D eigenvalue weighted by Gasteiger charge is -2.27. The van der Waals surface area contributed by atoms with Crippen molar-refractivity contribution in [2.75, 3.05) is 27.3 Å². The highest BCUT2D eigenvalue weighted by Gasteiger charge is 2.22. The zero-order valence-electron chi connectivity index (χ0n) is 14.8. The third kappa shape index (κ3) is 4.19. The van der Waals surface area contributed by atoms with Crippen LogP contribution in [0.15, 0.2) is 12.1 Å². The molecule has 0 aliphatic carbocycles. The predicted octanol–water partition coefficient (Wildman–Crippen LogP) is 2.20. The second-order valence-corrected chi connectivity index (χ2v) is 6.13. The number of piperidine rings is 1. The number of carbonyl (C=O) groups excluding carboxylic acids is 2. The Hall–Kier alpha value is -2.24. The highest BCUT2D eigenvalue weighted by atomic mass is 16.5. The van der Waals surface area contributed by atoms with Crippen molar-refractivity contribution in [3.05, 3.63) is 23.3 Å². The van der Waals surface area contributed by atoms with Crippen LogP contribution in [-0.4, -0.2) is 44.0 Å². The van der Waals surface area contributed by atoms with Gasteiger partial charge in [-0.25, -0.2) is 0 Å². The van der Waals surface area contributed by atoms with Crippen LogP contribution in [0.25, 0.3) is 0 Å². The molecule has 2 amide bonds. The molecule has 0 bridgehead atoms. The molecule has 1 heterocycles. The number of aryl methyl sites for hydroxylation is 1. The molecule has 1 aliphatic rings. The zero-order valence-corrected chi connectivity index (χ0v) is 14.8. The van der Waals surface area contributed by atoms with E-state index in [1.807, 2.05) is 26.0 Å². The molecule has 6 heteroatoms. The van der Waals surface area contributed by atoms with Gasteiger partial charge in [0.15, 0.2) is 11.5 Å². The molecule has 1 saturated heterocycles. The first kappa shape index (κ1) is 18.1. The Kier molecular flexibility index (Phi) is 6.06. The van der Waals surface area contributed by atoms with Crippen molar-refractivity contribution in [1.82, 2.24) is 10.2 Å². The van der Waals surface area contributed by atoms with Crippen molar-refractivity contribution < 1.29 is 19.1 Å². The van der Waals surface area contributed by atoms with Gasteiger partial charge in [-0.3, -0.25) is 9.59 Å². The Bertz CT molecular complexity index is 615. The van der Waals surface area contributed by atoms with Crippen LogP contribution in [-0.2, 0) is 9.59 Å². The maximum Gasteiger partial charge on any atom is 0.240 e. The molecule has 132 valence electrons. The molecule has 0 saturated carbocycles. The second kappa shape index (κ2) is 8.04. The van der Waals surface area contributed by atoms with Gasteiger partial charge >= 0.3 is 0 Å². The summed E-state index contributed by atoms with van der Waals surface area (Å²) in [6, 6.07) is 3.59. The molecule has 0 radical (unpaired) electrons. The zero-order chi connectivity index (χ0) is 17.7. The smallest absolute Gasteiger partial charge is 0.240 e. The summed E-state index contributed by atoms with van der Waals surface area (Å²) in [5.41, 5.74) is 1.97. The summed E-state index contributed by atoms with van der Waals surface area (Å²) in [5.74, 6) is 1.21. The highest BCUT2D eigenvalue weighted by molar-refractivity contribution is 5.85. The number of benzene rings is 1. The summed E-state index contributed by atoms with van der Waals surface area (Å²) in [5, 5.41) is 2.96. The normalized spacial score (nSPS) is 15.8. The van der Waals surface area contributed by atoms with Gasteiger partial charge in [0.2, 0.25) is 11.8 Å². The Balaban J connectivity index is 2.04. The minimum absolute atomic E-state index is 0.0614. The number of hydrogen-bond donors (Lipinski definition) is 1. The number of rotatable bonds is 6. The Morgan fingerprint density at radius 3 is 2.54 bits per heavy atom. The summed E-state index contributed by atoms with van der Waals surface area (Å²) in [7, 11) is 3.18. The quantitative estimate of drug-likeness (QED) is 0.866. The van der Waals surface area contributed by atoms with Gasteiger partial charge in [0.25, 0.3) is 0 Å². The Morgan fingerprint density at radius 1 is 1.25 bits per heavy atom. The van der Waals surface area contributed by atoms with Crippen molar-refractivity contribution in [2.45, 2.75) is 39.2 Å². The van der Waals surface area contributed by atoms with Crippen molar-refractivity contribution in [3.63, 3.8) is 0 Å². The SMILES string of the molecule is COc1cc(C)c(C(C)NC(=O)CN2CCCCC2=O)cc1OC. The van der Waals surface area contributed by atoms with Crippen LogP contribution in [0.2, 0.25) is 0 Å². The van der Waals surface area contributed by atoms with Crippen LogP contribution < -0.4 is 14.8 Å². The molecule has 24 heavy (non-hydrogen) atoms. The van der Waals surface area contributed by atoms with E-state index in [9.17, 15) is 9.59 Å². The maximum atomic E-state index is 12.3. The lowest BCUT2D eigenvalue weighted by Crippen LogP contribution is -2.43. The average molecular weight is 334 g/mol. The molecule has 2 rings (SSSR count). The summed E-state index contributed by atoms with van der Waals surface area (Å²) >= 11 is 0. The summed E-state index contributed by atoms with van der Waals surface area (Å²) in [6.07, 6.45) is 2.42. The standard InChI is InChI=1S/C18H26N2O4/c1-12-9-15(23-3)16(24-4)10-14(12)13(2)19-17(21)11-20-8-6-5-7-18(20)22/h9-10,13H,5-8,11H2,1-4H3,(H,19,21). The van der Waals surface area contributed by atoms with Crippen LogP contribution in [0.5, 0.6) is 11.5 Å². The molecule has 0 aromatic heterocycles. The van der Waals surface area contributed by atoms with Gasteiger partial charge in [0, 0.05) is 13.0 Å². The van der Waals surface area contributed by atoms with E-state index in [0.29, 0.717) is 24.5 Å². The molecule has 0 spiro atoms. The van der Waals surface area contributed by atoms with E-state index in [4.69, 9.17) is 9.47 Å². The molecule has 1 aromatic rings. The molecular weight excluding hydrogens is 308 g/mol. The Labute approximate surface area is 143 Å². The number of nitrogens with zero attached hydrogens (tertiary/aromatic N) is 1.